The fraction of sp³-hybridized carbons (Fsp3) is 0.613. The molecule has 12 heteroatoms. The Labute approximate surface area is 254 Å². The normalized spacial score (nSPS) is 25.0. The van der Waals surface area contributed by atoms with Crippen LogP contribution >= 0.6 is 0 Å². The van der Waals surface area contributed by atoms with E-state index in [0.29, 0.717) is 50.8 Å². The van der Waals surface area contributed by atoms with Crippen LogP contribution in [0.25, 0.3) is 0 Å². The van der Waals surface area contributed by atoms with Crippen LogP contribution in [0.4, 0.5) is 0 Å². The molecule has 4 atom stereocenters. The number of nitrogens with zero attached hydrogens (tertiary/aromatic N) is 1. The lowest BCUT2D eigenvalue weighted by Crippen LogP contribution is -2.55. The molecule has 1 aromatic carbocycles. The number of hydrogen-bond donors (Lipinski definition) is 6. The van der Waals surface area contributed by atoms with Gasteiger partial charge >= 0.3 is 0 Å². The monoisotopic (exact) mass is 599 g/mol. The van der Waals surface area contributed by atoms with Gasteiger partial charge in [-0.3, -0.25) is 29.0 Å². The maximum absolute atomic E-state index is 13.8. The maximum atomic E-state index is 13.8. The van der Waals surface area contributed by atoms with Crippen LogP contribution in [0.5, 0.6) is 0 Å². The molecule has 1 aliphatic heterocycles. The highest BCUT2D eigenvalue weighted by Crippen LogP contribution is 2.24. The number of carbonyl (C=O) groups excluding carboxylic acids is 5. The zero-order valence-electron chi connectivity index (χ0n) is 26.1. The standard InChI is InChI=1S/C31H49N7O5/c1-6-23-28(42)37-25(21-13-8-7-9-14-21)29(43)34-17-11-10-16-31(4,38-26(40)20(2)3)24(39)19-22(27(41)36-23)15-12-18-35-30(32)33-5/h7-9,13-14,20,22-23,25H,6,10-12,15-19H2,1-5H3,(H,34,43)(H,36,41)(H,37,42)(H,38,40)(H3,32,33,35)/t22-,23+,25-,31-/m1/s1. The number of nitrogens with two attached hydrogens (primary N) is 1. The Hall–Kier alpha value is -3.96. The zero-order chi connectivity index (χ0) is 32.0. The van der Waals surface area contributed by atoms with Crippen LogP contribution in [0.15, 0.2) is 35.3 Å². The summed E-state index contributed by atoms with van der Waals surface area (Å²) in [6.45, 7) is 7.72. The summed E-state index contributed by atoms with van der Waals surface area (Å²) in [6, 6.07) is 7.05. The summed E-state index contributed by atoms with van der Waals surface area (Å²) in [5.41, 5.74) is 5.14. The van der Waals surface area contributed by atoms with E-state index in [-0.39, 0.29) is 42.3 Å². The zero-order valence-corrected chi connectivity index (χ0v) is 26.1. The largest absolute Gasteiger partial charge is 0.370 e. The minimum Gasteiger partial charge on any atom is -0.370 e. The van der Waals surface area contributed by atoms with E-state index in [2.05, 4.69) is 31.6 Å². The molecular formula is C31H49N7O5. The molecule has 1 fully saturated rings. The van der Waals surface area contributed by atoms with E-state index in [1.54, 1.807) is 59.0 Å². The molecule has 1 aromatic rings. The Bertz CT molecular complexity index is 1140. The van der Waals surface area contributed by atoms with Crippen molar-refractivity contribution in [2.24, 2.45) is 22.6 Å². The Morgan fingerprint density at radius 3 is 2.40 bits per heavy atom. The Balaban J connectivity index is 2.40. The van der Waals surface area contributed by atoms with E-state index < -0.39 is 35.4 Å². The van der Waals surface area contributed by atoms with Gasteiger partial charge in [0.1, 0.15) is 12.1 Å². The van der Waals surface area contributed by atoms with Gasteiger partial charge in [-0.15, -0.1) is 0 Å². The van der Waals surface area contributed by atoms with Gasteiger partial charge in [0.25, 0.3) is 0 Å². The van der Waals surface area contributed by atoms with Crippen molar-refractivity contribution in [2.75, 3.05) is 20.1 Å². The minimum absolute atomic E-state index is 0.112. The highest BCUT2D eigenvalue weighted by Gasteiger charge is 2.38. The van der Waals surface area contributed by atoms with E-state index in [1.807, 2.05) is 6.07 Å². The molecule has 1 heterocycles. The number of benzene rings is 1. The fourth-order valence-corrected chi connectivity index (χ4v) is 4.86. The van der Waals surface area contributed by atoms with Crippen molar-refractivity contribution in [3.63, 3.8) is 0 Å². The third-order valence-corrected chi connectivity index (χ3v) is 7.74. The molecule has 2 rings (SSSR count). The van der Waals surface area contributed by atoms with Crippen molar-refractivity contribution >= 4 is 35.4 Å². The van der Waals surface area contributed by atoms with Gasteiger partial charge in [0, 0.05) is 38.4 Å². The van der Waals surface area contributed by atoms with Crippen molar-refractivity contribution in [1.29, 1.82) is 0 Å². The molecule has 0 radical (unpaired) electrons. The molecule has 1 aliphatic rings. The van der Waals surface area contributed by atoms with Crippen LogP contribution in [-0.2, 0) is 24.0 Å². The maximum Gasteiger partial charge on any atom is 0.247 e. The number of nitrogens with one attached hydrogen (secondary N) is 5. The lowest BCUT2D eigenvalue weighted by atomic mass is 9.83. The lowest BCUT2D eigenvalue weighted by Gasteiger charge is -2.32. The van der Waals surface area contributed by atoms with Gasteiger partial charge in [0.15, 0.2) is 11.7 Å². The molecule has 4 amide bonds. The Morgan fingerprint density at radius 2 is 1.77 bits per heavy atom. The first-order valence-electron chi connectivity index (χ1n) is 15.2. The van der Waals surface area contributed by atoms with Crippen molar-refractivity contribution in [3.05, 3.63) is 35.9 Å². The molecule has 0 aliphatic carbocycles. The van der Waals surface area contributed by atoms with Crippen molar-refractivity contribution in [2.45, 2.75) is 90.3 Å². The third-order valence-electron chi connectivity index (χ3n) is 7.74. The molecule has 0 bridgehead atoms. The van der Waals surface area contributed by atoms with Crippen LogP contribution in [0.1, 0.15) is 84.2 Å². The number of guanidine groups is 1. The lowest BCUT2D eigenvalue weighted by molar-refractivity contribution is -0.137. The predicted molar refractivity (Wildman–Crippen MR) is 166 cm³/mol. The molecule has 0 saturated carbocycles. The number of aliphatic imine (C=N–C) groups is 1. The van der Waals surface area contributed by atoms with Crippen LogP contribution in [-0.4, -0.2) is 67.1 Å². The van der Waals surface area contributed by atoms with E-state index in [9.17, 15) is 24.0 Å². The first-order chi connectivity index (χ1) is 20.4. The fourth-order valence-electron chi connectivity index (χ4n) is 4.86. The van der Waals surface area contributed by atoms with Gasteiger partial charge in [-0.25, -0.2) is 0 Å². The Morgan fingerprint density at radius 1 is 1.07 bits per heavy atom. The van der Waals surface area contributed by atoms with Gasteiger partial charge < -0.3 is 32.3 Å². The first kappa shape index (κ1) is 35.2. The molecule has 7 N–H and O–H groups in total. The van der Waals surface area contributed by atoms with Crippen molar-refractivity contribution in [3.8, 4) is 0 Å². The van der Waals surface area contributed by atoms with E-state index in [0.717, 1.165) is 0 Å². The summed E-state index contributed by atoms with van der Waals surface area (Å²) in [7, 11) is 1.56. The highest BCUT2D eigenvalue weighted by atomic mass is 16.2. The second-order valence-corrected chi connectivity index (χ2v) is 11.5. The average Bonchev–Trinajstić information content (AvgIpc) is 2.99. The van der Waals surface area contributed by atoms with E-state index >= 15 is 0 Å². The Kier molecular flexibility index (Phi) is 14.1. The number of hydrogen-bond acceptors (Lipinski definition) is 6. The van der Waals surface area contributed by atoms with Crippen molar-refractivity contribution in [1.82, 2.24) is 26.6 Å². The third kappa shape index (κ3) is 11.0. The minimum atomic E-state index is -1.20. The summed E-state index contributed by atoms with van der Waals surface area (Å²) in [5.74, 6) is -2.67. The summed E-state index contributed by atoms with van der Waals surface area (Å²) in [5, 5.41) is 14.4. The smallest absolute Gasteiger partial charge is 0.247 e. The highest BCUT2D eigenvalue weighted by molar-refractivity contribution is 5.97. The van der Waals surface area contributed by atoms with E-state index in [4.69, 9.17) is 5.73 Å². The molecule has 0 unspecified atom stereocenters. The molecule has 1 saturated heterocycles. The average molecular weight is 600 g/mol. The van der Waals surface area contributed by atoms with Gasteiger partial charge in [0.05, 0.1) is 5.54 Å². The summed E-state index contributed by atoms with van der Waals surface area (Å²) in [6.07, 6.45) is 2.44. The first-order valence-corrected chi connectivity index (χ1v) is 15.2. The van der Waals surface area contributed by atoms with Crippen molar-refractivity contribution < 1.29 is 24.0 Å². The van der Waals surface area contributed by atoms with Crippen LogP contribution < -0.4 is 32.3 Å². The van der Waals surface area contributed by atoms with E-state index in [1.165, 1.54) is 0 Å². The van der Waals surface area contributed by atoms with Gasteiger partial charge in [0.2, 0.25) is 23.6 Å². The van der Waals surface area contributed by atoms with Gasteiger partial charge in [-0.05, 0) is 51.0 Å². The number of Topliss-reactive ketones (excluding diaryl/α,β-unsaturated/α-hetero) is 1. The topological polar surface area (TPSA) is 184 Å². The number of rotatable bonds is 8. The number of ketones is 1. The summed E-state index contributed by atoms with van der Waals surface area (Å²) < 4.78 is 0. The van der Waals surface area contributed by atoms with Gasteiger partial charge in [-0.2, -0.15) is 0 Å². The predicted octanol–water partition coefficient (Wildman–Crippen LogP) is 1.46. The van der Waals surface area contributed by atoms with Crippen LogP contribution in [0, 0.1) is 11.8 Å². The number of carbonyl (C=O) groups is 5. The molecule has 0 aromatic heterocycles. The SMILES string of the molecule is CC[C@@H]1NC(=O)[C@H](CCCNC(N)=NC)CC(=O)[C@](C)(NC(=O)C(C)C)CCCCNC(=O)[C@@H](c2ccccc2)NC1=O. The number of amides is 4. The van der Waals surface area contributed by atoms with Crippen LogP contribution in [0.3, 0.4) is 0 Å². The summed E-state index contributed by atoms with van der Waals surface area (Å²) in [4.78, 5) is 70.6. The van der Waals surface area contributed by atoms with Gasteiger partial charge in [-0.1, -0.05) is 51.1 Å². The quantitative estimate of drug-likeness (QED) is 0.148. The molecule has 12 nitrogen and oxygen atoms in total. The molecule has 0 spiro atoms. The second kappa shape index (κ2) is 17.2. The second-order valence-electron chi connectivity index (χ2n) is 11.5. The summed E-state index contributed by atoms with van der Waals surface area (Å²) >= 11 is 0. The molecule has 238 valence electrons. The molecule has 43 heavy (non-hydrogen) atoms. The van der Waals surface area contributed by atoms with Crippen LogP contribution in [0.2, 0.25) is 0 Å². The molecular weight excluding hydrogens is 550 g/mol.